The van der Waals surface area contributed by atoms with Crippen LogP contribution in [0.1, 0.15) is 44.9 Å². The van der Waals surface area contributed by atoms with E-state index in [2.05, 4.69) is 4.90 Å². The van der Waals surface area contributed by atoms with Gasteiger partial charge < -0.3 is 10.2 Å². The molecule has 4 heteroatoms. The fraction of sp³-hybridized carbons (Fsp3) is 0.929. The molecule has 3 unspecified atom stereocenters. The number of aliphatic carboxylic acids is 1. The lowest BCUT2D eigenvalue weighted by atomic mass is 9.71. The van der Waals surface area contributed by atoms with Gasteiger partial charge in [-0.15, -0.1) is 0 Å². The molecule has 3 atom stereocenters. The first-order valence-corrected chi connectivity index (χ1v) is 7.29. The number of hydrogen-bond donors (Lipinski definition) is 2. The molecule has 4 nitrogen and oxygen atoms in total. The smallest absolute Gasteiger partial charge is 0.321 e. The Kier molecular flexibility index (Phi) is 3.10. The van der Waals surface area contributed by atoms with Gasteiger partial charge in [-0.1, -0.05) is 12.8 Å². The van der Waals surface area contributed by atoms with Gasteiger partial charge in [-0.25, -0.2) is 0 Å². The molecule has 2 aliphatic carbocycles. The molecule has 3 rings (SSSR count). The Balaban J connectivity index is 1.70. The first-order chi connectivity index (χ1) is 8.60. The van der Waals surface area contributed by atoms with Crippen LogP contribution >= 0.6 is 0 Å². The van der Waals surface area contributed by atoms with Crippen LogP contribution in [0.15, 0.2) is 0 Å². The molecule has 1 aliphatic heterocycles. The molecule has 2 N–H and O–H groups in total. The van der Waals surface area contributed by atoms with E-state index in [1.165, 1.54) is 6.42 Å². The van der Waals surface area contributed by atoms with E-state index in [-0.39, 0.29) is 6.04 Å². The van der Waals surface area contributed by atoms with Gasteiger partial charge in [0.2, 0.25) is 0 Å². The lowest BCUT2D eigenvalue weighted by molar-refractivity contribution is -0.150. The number of likely N-dealkylation sites (tertiary alicyclic amines) is 1. The van der Waals surface area contributed by atoms with Crippen LogP contribution in [-0.2, 0) is 4.79 Å². The summed E-state index contributed by atoms with van der Waals surface area (Å²) >= 11 is 0. The number of nitrogens with zero attached hydrogens (tertiary/aromatic N) is 1. The number of fused-ring (bicyclic) bond motifs is 1. The Morgan fingerprint density at radius 1 is 1.22 bits per heavy atom. The number of rotatable bonds is 3. The molecule has 0 spiro atoms. The maximum Gasteiger partial charge on any atom is 0.321 e. The van der Waals surface area contributed by atoms with Crippen LogP contribution in [-0.4, -0.2) is 45.8 Å². The van der Waals surface area contributed by atoms with Crippen molar-refractivity contribution in [3.05, 3.63) is 0 Å². The SMILES string of the molecule is O=C(O)C(C1CC1)N1CCC2(O)CCCCC2C1. The number of carboxylic acid groups (broad SMARTS) is 1. The van der Waals surface area contributed by atoms with Gasteiger partial charge in [0.1, 0.15) is 6.04 Å². The van der Waals surface area contributed by atoms with Crippen molar-refractivity contribution in [2.24, 2.45) is 11.8 Å². The van der Waals surface area contributed by atoms with E-state index in [0.717, 1.165) is 51.6 Å². The van der Waals surface area contributed by atoms with Crippen LogP contribution in [0.4, 0.5) is 0 Å². The highest BCUT2D eigenvalue weighted by atomic mass is 16.4. The van der Waals surface area contributed by atoms with Crippen LogP contribution in [0, 0.1) is 11.8 Å². The third-order valence-electron chi connectivity index (χ3n) is 5.17. The molecule has 18 heavy (non-hydrogen) atoms. The molecule has 0 aromatic rings. The maximum atomic E-state index is 11.4. The topological polar surface area (TPSA) is 60.8 Å². The van der Waals surface area contributed by atoms with Crippen molar-refractivity contribution in [1.82, 2.24) is 4.90 Å². The summed E-state index contributed by atoms with van der Waals surface area (Å²) in [6, 6.07) is -0.295. The predicted molar refractivity (Wildman–Crippen MR) is 67.2 cm³/mol. The van der Waals surface area contributed by atoms with Gasteiger partial charge >= 0.3 is 5.97 Å². The van der Waals surface area contributed by atoms with Gasteiger partial charge in [-0.2, -0.15) is 0 Å². The third-order valence-corrected chi connectivity index (χ3v) is 5.17. The quantitative estimate of drug-likeness (QED) is 0.799. The molecule has 0 aromatic heterocycles. The number of carbonyl (C=O) groups is 1. The second kappa shape index (κ2) is 4.49. The van der Waals surface area contributed by atoms with Crippen LogP contribution in [0.25, 0.3) is 0 Å². The van der Waals surface area contributed by atoms with Crippen molar-refractivity contribution < 1.29 is 15.0 Å². The minimum atomic E-state index is -0.668. The van der Waals surface area contributed by atoms with E-state index in [1.807, 2.05) is 0 Å². The highest BCUT2D eigenvalue weighted by Crippen LogP contribution is 2.43. The van der Waals surface area contributed by atoms with Gasteiger partial charge in [-0.3, -0.25) is 9.69 Å². The minimum absolute atomic E-state index is 0.292. The summed E-state index contributed by atoms with van der Waals surface area (Å²) in [5, 5.41) is 20.0. The summed E-state index contributed by atoms with van der Waals surface area (Å²) in [7, 11) is 0. The molecule has 1 heterocycles. The summed E-state index contributed by atoms with van der Waals surface area (Å²) in [5.41, 5.74) is -0.499. The van der Waals surface area contributed by atoms with Crippen LogP contribution in [0.5, 0.6) is 0 Å². The lowest BCUT2D eigenvalue weighted by Crippen LogP contribution is -2.57. The second-order valence-corrected chi connectivity index (χ2v) is 6.41. The van der Waals surface area contributed by atoms with Gasteiger partial charge in [0.25, 0.3) is 0 Å². The molecule has 3 fully saturated rings. The van der Waals surface area contributed by atoms with E-state index in [0.29, 0.717) is 11.8 Å². The third kappa shape index (κ3) is 2.16. The highest BCUT2D eigenvalue weighted by Gasteiger charge is 2.48. The average Bonchev–Trinajstić information content (AvgIpc) is 3.13. The van der Waals surface area contributed by atoms with Crippen molar-refractivity contribution in [2.75, 3.05) is 13.1 Å². The van der Waals surface area contributed by atoms with E-state index in [4.69, 9.17) is 0 Å². The Bertz CT molecular complexity index is 342. The van der Waals surface area contributed by atoms with Gasteiger partial charge in [-0.05, 0) is 38.0 Å². The van der Waals surface area contributed by atoms with Crippen molar-refractivity contribution >= 4 is 5.97 Å². The molecule has 1 saturated heterocycles. The molecular weight excluding hydrogens is 230 g/mol. The Hall–Kier alpha value is -0.610. The maximum absolute atomic E-state index is 11.4. The van der Waals surface area contributed by atoms with Crippen molar-refractivity contribution in [3.63, 3.8) is 0 Å². The normalized spacial score (nSPS) is 39.1. The first kappa shape index (κ1) is 12.4. The fourth-order valence-corrected chi connectivity index (χ4v) is 3.92. The summed E-state index contributed by atoms with van der Waals surface area (Å²) in [6.07, 6.45) is 7.15. The summed E-state index contributed by atoms with van der Waals surface area (Å²) in [4.78, 5) is 13.5. The number of carboxylic acids is 1. The molecule has 102 valence electrons. The highest BCUT2D eigenvalue weighted by molar-refractivity contribution is 5.74. The van der Waals surface area contributed by atoms with Crippen LogP contribution in [0.3, 0.4) is 0 Å². The van der Waals surface area contributed by atoms with Crippen molar-refractivity contribution in [2.45, 2.75) is 56.6 Å². The van der Waals surface area contributed by atoms with Crippen molar-refractivity contribution in [1.29, 1.82) is 0 Å². The largest absolute Gasteiger partial charge is 0.480 e. The first-order valence-electron chi connectivity index (χ1n) is 7.29. The molecule has 0 bridgehead atoms. The van der Waals surface area contributed by atoms with E-state index in [1.54, 1.807) is 0 Å². The van der Waals surface area contributed by atoms with Gasteiger partial charge in [0, 0.05) is 19.0 Å². The molecular formula is C14H23NO3. The molecule has 0 aromatic carbocycles. The molecule has 0 radical (unpaired) electrons. The minimum Gasteiger partial charge on any atom is -0.480 e. The van der Waals surface area contributed by atoms with Gasteiger partial charge in [0.15, 0.2) is 0 Å². The number of piperidine rings is 1. The van der Waals surface area contributed by atoms with Crippen molar-refractivity contribution in [3.8, 4) is 0 Å². The summed E-state index contributed by atoms with van der Waals surface area (Å²) in [5.74, 6) is -0.0170. The molecule has 2 saturated carbocycles. The Morgan fingerprint density at radius 3 is 2.67 bits per heavy atom. The standard InChI is InChI=1S/C14H23NO3/c16-13(17)12(10-4-5-10)15-8-7-14(18)6-2-1-3-11(14)9-15/h10-12,18H,1-9H2,(H,16,17). The van der Waals surface area contributed by atoms with Crippen LogP contribution in [0.2, 0.25) is 0 Å². The van der Waals surface area contributed by atoms with E-state index in [9.17, 15) is 15.0 Å². The lowest BCUT2D eigenvalue weighted by Gasteiger charge is -2.48. The zero-order valence-electron chi connectivity index (χ0n) is 10.8. The summed E-state index contributed by atoms with van der Waals surface area (Å²) < 4.78 is 0. The van der Waals surface area contributed by atoms with E-state index >= 15 is 0 Å². The van der Waals surface area contributed by atoms with E-state index < -0.39 is 11.6 Å². The fourth-order valence-electron chi connectivity index (χ4n) is 3.92. The summed E-state index contributed by atoms with van der Waals surface area (Å²) in [6.45, 7) is 1.53. The zero-order chi connectivity index (χ0) is 12.8. The Morgan fingerprint density at radius 2 is 2.00 bits per heavy atom. The number of hydrogen-bond acceptors (Lipinski definition) is 3. The van der Waals surface area contributed by atoms with Crippen LogP contribution < -0.4 is 0 Å². The average molecular weight is 253 g/mol. The Labute approximate surface area is 108 Å². The molecule has 3 aliphatic rings. The zero-order valence-corrected chi connectivity index (χ0v) is 10.8. The second-order valence-electron chi connectivity index (χ2n) is 6.41. The van der Waals surface area contributed by atoms with Gasteiger partial charge in [0.05, 0.1) is 5.60 Å². The number of aliphatic hydroxyl groups is 1. The monoisotopic (exact) mass is 253 g/mol. The molecule has 0 amide bonds. The predicted octanol–water partition coefficient (Wildman–Crippen LogP) is 1.48.